The summed E-state index contributed by atoms with van der Waals surface area (Å²) in [6, 6.07) is 25.0. The third kappa shape index (κ3) is 9.39. The first kappa shape index (κ1) is 32.2. The summed E-state index contributed by atoms with van der Waals surface area (Å²) < 4.78 is 35.2. The van der Waals surface area contributed by atoms with Gasteiger partial charge in [0.05, 0.1) is 13.2 Å². The minimum absolute atomic E-state index is 0.0347. The Balaban J connectivity index is 1.78. The van der Waals surface area contributed by atoms with Gasteiger partial charge in [-0.15, -0.1) is 0 Å². The van der Waals surface area contributed by atoms with Crippen LogP contribution in [0.15, 0.2) is 84.9 Å². The number of hydrogen-bond acceptors (Lipinski definition) is 8. The Kier molecular flexibility index (Phi) is 12.7. The number of ether oxygens (including phenoxy) is 6. The molecule has 0 aromatic heterocycles. The first-order valence-electron chi connectivity index (χ1n) is 15.3. The van der Waals surface area contributed by atoms with E-state index in [4.69, 9.17) is 28.4 Å². The average molecular weight is 601 g/mol. The van der Waals surface area contributed by atoms with Crippen molar-refractivity contribution in [1.82, 2.24) is 0 Å². The van der Waals surface area contributed by atoms with Crippen LogP contribution in [0.25, 0.3) is 10.8 Å². The molecule has 0 fully saturated rings. The van der Waals surface area contributed by atoms with Crippen molar-refractivity contribution >= 4 is 23.1 Å². The fourth-order valence-corrected chi connectivity index (χ4v) is 4.53. The third-order valence-corrected chi connectivity index (χ3v) is 6.77. The van der Waals surface area contributed by atoms with Crippen molar-refractivity contribution in [1.29, 1.82) is 0 Å². The first-order chi connectivity index (χ1) is 21.6. The average Bonchev–Trinajstić information content (AvgIpc) is 3.05. The van der Waals surface area contributed by atoms with Gasteiger partial charge in [0.1, 0.15) is 11.5 Å². The quantitative estimate of drug-likeness (QED) is 0.0713. The Morgan fingerprint density at radius 2 is 0.864 bits per heavy atom. The van der Waals surface area contributed by atoms with Crippen LogP contribution in [-0.4, -0.2) is 25.5 Å². The van der Waals surface area contributed by atoms with E-state index in [1.807, 2.05) is 36.4 Å². The molecule has 0 heterocycles. The van der Waals surface area contributed by atoms with Crippen LogP contribution in [-0.2, 0) is 9.47 Å². The number of hydrogen-bond donors (Lipinski definition) is 0. The van der Waals surface area contributed by atoms with Crippen LogP contribution in [0.4, 0.5) is 9.59 Å². The molecule has 8 heteroatoms. The zero-order valence-corrected chi connectivity index (χ0v) is 25.4. The second kappa shape index (κ2) is 17.4. The molecule has 44 heavy (non-hydrogen) atoms. The second-order valence-electron chi connectivity index (χ2n) is 10.2. The van der Waals surface area contributed by atoms with E-state index >= 15 is 0 Å². The Hall–Kier alpha value is -4.72. The Bertz CT molecular complexity index is 1360. The van der Waals surface area contributed by atoms with Crippen molar-refractivity contribution in [3.63, 3.8) is 0 Å². The highest BCUT2D eigenvalue weighted by molar-refractivity contribution is 6.01. The van der Waals surface area contributed by atoms with Gasteiger partial charge in [-0.3, -0.25) is 0 Å². The first-order valence-corrected chi connectivity index (χ1v) is 15.3. The maximum absolute atomic E-state index is 13.0. The maximum Gasteiger partial charge on any atom is 0.513 e. The molecule has 4 aromatic rings. The van der Waals surface area contributed by atoms with Crippen LogP contribution < -0.4 is 18.9 Å². The highest BCUT2D eigenvalue weighted by Crippen LogP contribution is 2.54. The lowest BCUT2D eigenvalue weighted by molar-refractivity contribution is 0.0943. The topological polar surface area (TPSA) is 89.5 Å². The summed E-state index contributed by atoms with van der Waals surface area (Å²) in [4.78, 5) is 25.9. The fourth-order valence-electron chi connectivity index (χ4n) is 4.53. The zero-order valence-electron chi connectivity index (χ0n) is 25.4. The molecule has 0 aliphatic carbocycles. The molecule has 0 aliphatic rings. The number of carbonyl (C=O) groups is 2. The monoisotopic (exact) mass is 600 g/mol. The maximum atomic E-state index is 13.0. The fraction of sp³-hybridized carbons (Fsp3) is 0.333. The summed E-state index contributed by atoms with van der Waals surface area (Å²) in [7, 11) is 0. The molecule has 0 unspecified atom stereocenters. The lowest BCUT2D eigenvalue weighted by Gasteiger charge is -2.21. The molecule has 4 aromatic carbocycles. The molecule has 0 saturated carbocycles. The molecule has 0 amide bonds. The Morgan fingerprint density at radius 1 is 0.477 bits per heavy atom. The zero-order chi connectivity index (χ0) is 31.0. The van der Waals surface area contributed by atoms with Crippen LogP contribution in [0.2, 0.25) is 0 Å². The molecule has 0 spiro atoms. The van der Waals surface area contributed by atoms with Crippen LogP contribution >= 0.6 is 0 Å². The molecule has 0 aliphatic heterocycles. The van der Waals surface area contributed by atoms with Crippen molar-refractivity contribution in [2.75, 3.05) is 13.2 Å². The number of fused-ring (bicyclic) bond motifs is 1. The van der Waals surface area contributed by atoms with E-state index in [1.54, 1.807) is 48.5 Å². The molecular weight excluding hydrogens is 560 g/mol. The van der Waals surface area contributed by atoms with E-state index < -0.39 is 12.3 Å². The Morgan fingerprint density at radius 3 is 1.25 bits per heavy atom. The van der Waals surface area contributed by atoms with E-state index in [0.29, 0.717) is 22.3 Å². The van der Waals surface area contributed by atoms with Crippen molar-refractivity contribution in [2.45, 2.75) is 65.2 Å². The van der Waals surface area contributed by atoms with Crippen molar-refractivity contribution in [2.24, 2.45) is 0 Å². The standard InChI is InChI=1S/C36H40O8/c1-3-5-7-17-25-39-35(37)43-31-29-23-15-16-24-30(29)32(44-36(38)40-26-18-8-6-4-2)34(42-28-21-13-10-14-22-28)33(31)41-27-19-11-9-12-20-27/h9-16,19-24H,3-8,17-18,25-26H2,1-2H3. The van der Waals surface area contributed by atoms with Gasteiger partial charge in [-0.2, -0.15) is 0 Å². The van der Waals surface area contributed by atoms with Crippen molar-refractivity contribution < 1.29 is 38.0 Å². The van der Waals surface area contributed by atoms with E-state index in [9.17, 15) is 9.59 Å². The van der Waals surface area contributed by atoms with Gasteiger partial charge in [-0.25, -0.2) is 9.59 Å². The number of unbranched alkanes of at least 4 members (excludes halogenated alkanes) is 6. The second-order valence-corrected chi connectivity index (χ2v) is 10.2. The summed E-state index contributed by atoms with van der Waals surface area (Å²) in [6.07, 6.45) is 5.85. The van der Waals surface area contributed by atoms with Crippen molar-refractivity contribution in [3.8, 4) is 34.5 Å². The lowest BCUT2D eigenvalue weighted by Crippen LogP contribution is -2.14. The number of para-hydroxylation sites is 2. The van der Waals surface area contributed by atoms with Gasteiger partial charge in [0.15, 0.2) is 11.5 Å². The summed E-state index contributed by atoms with van der Waals surface area (Å²) in [5.74, 6) is 1.09. The van der Waals surface area contributed by atoms with E-state index in [1.165, 1.54) is 0 Å². The van der Waals surface area contributed by atoms with E-state index in [-0.39, 0.29) is 36.2 Å². The predicted molar refractivity (Wildman–Crippen MR) is 169 cm³/mol. The molecule has 0 bridgehead atoms. The predicted octanol–water partition coefficient (Wildman–Crippen LogP) is 10.6. The third-order valence-electron chi connectivity index (χ3n) is 6.77. The summed E-state index contributed by atoms with van der Waals surface area (Å²) in [5, 5.41) is 0.903. The molecular formula is C36H40O8. The molecule has 4 rings (SSSR count). The largest absolute Gasteiger partial charge is 0.513 e. The summed E-state index contributed by atoms with van der Waals surface area (Å²) in [6.45, 7) is 4.68. The van der Waals surface area contributed by atoms with Crippen molar-refractivity contribution in [3.05, 3.63) is 84.9 Å². The van der Waals surface area contributed by atoms with Gasteiger partial charge in [-0.05, 0) is 37.1 Å². The number of benzene rings is 4. The van der Waals surface area contributed by atoms with Gasteiger partial charge in [0.2, 0.25) is 11.5 Å². The van der Waals surface area contributed by atoms with Gasteiger partial charge >= 0.3 is 12.3 Å². The highest BCUT2D eigenvalue weighted by atomic mass is 16.7. The van der Waals surface area contributed by atoms with E-state index in [0.717, 1.165) is 51.4 Å². The lowest BCUT2D eigenvalue weighted by atomic mass is 10.1. The van der Waals surface area contributed by atoms with Gasteiger partial charge in [0.25, 0.3) is 0 Å². The molecule has 0 atom stereocenters. The normalized spacial score (nSPS) is 10.7. The number of carbonyl (C=O) groups excluding carboxylic acids is 2. The minimum Gasteiger partial charge on any atom is -0.449 e. The highest BCUT2D eigenvalue weighted by Gasteiger charge is 2.29. The van der Waals surface area contributed by atoms with Gasteiger partial charge < -0.3 is 28.4 Å². The minimum atomic E-state index is -0.879. The summed E-state index contributed by atoms with van der Waals surface area (Å²) in [5.41, 5.74) is 0. The Labute approximate surface area is 258 Å². The molecule has 0 saturated heterocycles. The van der Waals surface area contributed by atoms with Crippen LogP contribution in [0.1, 0.15) is 65.2 Å². The van der Waals surface area contributed by atoms with Crippen LogP contribution in [0.5, 0.6) is 34.5 Å². The van der Waals surface area contributed by atoms with Gasteiger partial charge in [0, 0.05) is 10.8 Å². The molecule has 0 N–H and O–H groups in total. The van der Waals surface area contributed by atoms with E-state index in [2.05, 4.69) is 13.8 Å². The van der Waals surface area contributed by atoms with Crippen LogP contribution in [0, 0.1) is 0 Å². The van der Waals surface area contributed by atoms with Crippen LogP contribution in [0.3, 0.4) is 0 Å². The molecule has 232 valence electrons. The smallest absolute Gasteiger partial charge is 0.449 e. The number of rotatable bonds is 16. The van der Waals surface area contributed by atoms with Gasteiger partial charge in [-0.1, -0.05) is 113 Å². The SMILES string of the molecule is CCCCCCOC(=O)Oc1c(Oc2ccccc2)c(Oc2ccccc2)c(OC(=O)OCCCCCC)c2ccccc12. The molecule has 0 radical (unpaired) electrons. The molecule has 8 nitrogen and oxygen atoms in total. The summed E-state index contributed by atoms with van der Waals surface area (Å²) >= 11 is 0.